The first-order chi connectivity index (χ1) is 10.1. The van der Waals surface area contributed by atoms with Gasteiger partial charge in [-0.15, -0.1) is 0 Å². The molecule has 0 amide bonds. The van der Waals surface area contributed by atoms with Gasteiger partial charge in [-0.25, -0.2) is 0 Å². The number of nitrogens with zero attached hydrogens (tertiary/aromatic N) is 2. The Bertz CT molecular complexity index is 249. The van der Waals surface area contributed by atoms with Crippen LogP contribution in [0.2, 0.25) is 0 Å². The number of hydrogen-bond donors (Lipinski definition) is 0. The second-order valence-electron chi connectivity index (χ2n) is 7.69. The molecular weight excluding hydrogens is 256 g/mol. The Morgan fingerprint density at radius 1 is 0.667 bits per heavy atom. The quantitative estimate of drug-likeness (QED) is 0.631. The zero-order valence-electron chi connectivity index (χ0n) is 14.8. The first-order valence-electron chi connectivity index (χ1n) is 9.42. The molecule has 0 N–H and O–H groups in total. The van der Waals surface area contributed by atoms with Gasteiger partial charge in [0.1, 0.15) is 6.67 Å². The van der Waals surface area contributed by atoms with Crippen LogP contribution in [0.3, 0.4) is 0 Å². The van der Waals surface area contributed by atoms with Crippen molar-refractivity contribution in [3.63, 3.8) is 0 Å². The predicted molar refractivity (Wildman–Crippen MR) is 90.9 cm³/mol. The summed E-state index contributed by atoms with van der Waals surface area (Å²) >= 11 is 0. The Labute approximate surface area is 133 Å². The van der Waals surface area contributed by atoms with Crippen molar-refractivity contribution in [1.29, 1.82) is 0 Å². The van der Waals surface area contributed by atoms with Crippen LogP contribution in [-0.2, 0) is 0 Å². The molecule has 0 aromatic rings. The molecule has 0 bridgehead atoms. The predicted octanol–water partition coefficient (Wildman–Crippen LogP) is 5.07. The van der Waals surface area contributed by atoms with E-state index in [1.165, 1.54) is 64.2 Å². The summed E-state index contributed by atoms with van der Waals surface area (Å²) in [6, 6.07) is 2.59. The Hall–Kier alpha value is -0.0800. The average molecular weight is 293 g/mol. The molecule has 21 heavy (non-hydrogen) atoms. The van der Waals surface area contributed by atoms with Gasteiger partial charge in [-0.2, -0.15) is 0 Å². The molecule has 2 nitrogen and oxygen atoms in total. The van der Waals surface area contributed by atoms with Crippen molar-refractivity contribution in [2.75, 3.05) is 0 Å². The molecule has 2 aliphatic carbocycles. The number of hydrogen-bond acceptors (Lipinski definition) is 2. The van der Waals surface area contributed by atoms with Gasteiger partial charge in [0, 0.05) is 24.2 Å². The summed E-state index contributed by atoms with van der Waals surface area (Å²) in [6.07, 6.45) is 14.1. The average Bonchev–Trinajstić information content (AvgIpc) is 2.49. The summed E-state index contributed by atoms with van der Waals surface area (Å²) in [5, 5.41) is 0. The van der Waals surface area contributed by atoms with Crippen molar-refractivity contribution in [1.82, 2.24) is 9.80 Å². The van der Waals surface area contributed by atoms with Crippen molar-refractivity contribution >= 4 is 0 Å². The SMILES string of the molecule is CC(C)N([C]N(C1CCCCC1)C1CCCCC1)C(C)C. The number of rotatable bonds is 6. The molecular formula is C19H36N2. The van der Waals surface area contributed by atoms with Crippen LogP contribution in [0.25, 0.3) is 0 Å². The summed E-state index contributed by atoms with van der Waals surface area (Å²) in [6.45, 7) is 13.1. The molecule has 2 saturated carbocycles. The summed E-state index contributed by atoms with van der Waals surface area (Å²) < 4.78 is 0. The molecule has 2 aliphatic rings. The van der Waals surface area contributed by atoms with Crippen LogP contribution >= 0.6 is 0 Å². The molecule has 0 aliphatic heterocycles. The van der Waals surface area contributed by atoms with Gasteiger partial charge in [-0.05, 0) is 53.4 Å². The fraction of sp³-hybridized carbons (Fsp3) is 0.947. The highest BCUT2D eigenvalue weighted by Crippen LogP contribution is 2.32. The van der Waals surface area contributed by atoms with Gasteiger partial charge in [0.25, 0.3) is 0 Å². The largest absolute Gasteiger partial charge is 0.275 e. The van der Waals surface area contributed by atoms with Crippen LogP contribution in [-0.4, -0.2) is 34.0 Å². The third-order valence-corrected chi connectivity index (χ3v) is 5.28. The minimum absolute atomic E-state index is 0.541. The fourth-order valence-electron chi connectivity index (χ4n) is 4.14. The molecule has 0 atom stereocenters. The standard InChI is InChI=1S/C19H36N2/c1-16(2)20(17(3)4)15-21(18-11-7-5-8-12-18)19-13-9-6-10-14-19/h16-19H,5-14H2,1-4H3. The highest BCUT2D eigenvalue weighted by atomic mass is 15.4. The van der Waals surface area contributed by atoms with E-state index < -0.39 is 0 Å². The minimum Gasteiger partial charge on any atom is -0.275 e. The van der Waals surface area contributed by atoms with Gasteiger partial charge in [0.15, 0.2) is 0 Å². The van der Waals surface area contributed by atoms with E-state index in [4.69, 9.17) is 0 Å². The molecule has 0 unspecified atom stereocenters. The molecule has 2 heteroatoms. The van der Waals surface area contributed by atoms with Gasteiger partial charge < -0.3 is 0 Å². The molecule has 2 rings (SSSR count). The lowest BCUT2D eigenvalue weighted by atomic mass is 9.89. The third-order valence-electron chi connectivity index (χ3n) is 5.28. The van der Waals surface area contributed by atoms with E-state index in [2.05, 4.69) is 44.2 Å². The Kier molecular flexibility index (Phi) is 7.01. The lowest BCUT2D eigenvalue weighted by Gasteiger charge is -2.44. The van der Waals surface area contributed by atoms with E-state index in [9.17, 15) is 0 Å². The van der Waals surface area contributed by atoms with Gasteiger partial charge in [-0.1, -0.05) is 38.5 Å². The van der Waals surface area contributed by atoms with E-state index in [0.717, 1.165) is 12.1 Å². The summed E-state index contributed by atoms with van der Waals surface area (Å²) in [5.74, 6) is 0. The summed E-state index contributed by atoms with van der Waals surface area (Å²) in [5.41, 5.74) is 0. The van der Waals surface area contributed by atoms with Gasteiger partial charge >= 0.3 is 0 Å². The van der Waals surface area contributed by atoms with Crippen molar-refractivity contribution < 1.29 is 0 Å². The Morgan fingerprint density at radius 2 is 1.05 bits per heavy atom. The highest BCUT2D eigenvalue weighted by molar-refractivity contribution is 4.89. The third kappa shape index (κ3) is 4.96. The van der Waals surface area contributed by atoms with Crippen LogP contribution in [0.4, 0.5) is 0 Å². The topological polar surface area (TPSA) is 6.48 Å². The molecule has 0 aromatic carbocycles. The van der Waals surface area contributed by atoms with Crippen LogP contribution in [0.5, 0.6) is 0 Å². The van der Waals surface area contributed by atoms with Crippen LogP contribution < -0.4 is 0 Å². The molecule has 2 radical (unpaired) electrons. The van der Waals surface area contributed by atoms with Crippen LogP contribution in [0.1, 0.15) is 91.9 Å². The van der Waals surface area contributed by atoms with Crippen LogP contribution in [0, 0.1) is 6.67 Å². The molecule has 122 valence electrons. The van der Waals surface area contributed by atoms with E-state index in [0.29, 0.717) is 12.1 Å². The lowest BCUT2D eigenvalue weighted by Crippen LogP contribution is -2.50. The van der Waals surface area contributed by atoms with Crippen LogP contribution in [0.15, 0.2) is 0 Å². The highest BCUT2D eigenvalue weighted by Gasteiger charge is 2.32. The summed E-state index contributed by atoms with van der Waals surface area (Å²) in [7, 11) is 0. The van der Waals surface area contributed by atoms with Gasteiger partial charge in [-0.3, -0.25) is 9.80 Å². The van der Waals surface area contributed by atoms with Crippen molar-refractivity contribution in [3.05, 3.63) is 6.67 Å². The zero-order chi connectivity index (χ0) is 15.2. The summed E-state index contributed by atoms with van der Waals surface area (Å²) in [4.78, 5) is 5.13. The smallest absolute Gasteiger partial charge is 0.147 e. The van der Waals surface area contributed by atoms with Gasteiger partial charge in [0.05, 0.1) is 0 Å². The van der Waals surface area contributed by atoms with Crippen molar-refractivity contribution in [3.8, 4) is 0 Å². The van der Waals surface area contributed by atoms with Crippen molar-refractivity contribution in [2.24, 2.45) is 0 Å². The fourth-order valence-corrected chi connectivity index (χ4v) is 4.14. The monoisotopic (exact) mass is 292 g/mol. The van der Waals surface area contributed by atoms with Gasteiger partial charge in [0.2, 0.25) is 0 Å². The van der Waals surface area contributed by atoms with E-state index >= 15 is 0 Å². The lowest BCUT2D eigenvalue weighted by molar-refractivity contribution is 0.0460. The normalized spacial score (nSPS) is 22.9. The van der Waals surface area contributed by atoms with Crippen molar-refractivity contribution in [2.45, 2.75) is 116 Å². The van der Waals surface area contributed by atoms with E-state index in [-0.39, 0.29) is 0 Å². The zero-order valence-corrected chi connectivity index (χ0v) is 14.8. The molecule has 2 fully saturated rings. The maximum Gasteiger partial charge on any atom is 0.147 e. The molecule has 0 spiro atoms. The minimum atomic E-state index is 0.541. The second-order valence-corrected chi connectivity index (χ2v) is 7.69. The Balaban J connectivity index is 2.05. The first kappa shape index (κ1) is 17.3. The van der Waals surface area contributed by atoms with E-state index in [1.54, 1.807) is 0 Å². The Morgan fingerprint density at radius 3 is 1.38 bits per heavy atom. The van der Waals surface area contributed by atoms with E-state index in [1.807, 2.05) is 0 Å². The second kappa shape index (κ2) is 8.53. The molecule has 0 heterocycles. The maximum atomic E-state index is 3.86. The maximum absolute atomic E-state index is 3.86. The molecule has 0 aromatic heterocycles. The first-order valence-corrected chi connectivity index (χ1v) is 9.42. The molecule has 0 saturated heterocycles.